The summed E-state index contributed by atoms with van der Waals surface area (Å²) >= 11 is 0. The number of rotatable bonds is 6. The number of hydrogen-bond acceptors (Lipinski definition) is 3. The van der Waals surface area contributed by atoms with Gasteiger partial charge in [0.15, 0.2) is 0 Å². The Morgan fingerprint density at radius 2 is 1.95 bits per heavy atom. The Hall–Kier alpha value is -1.32. The molecule has 0 aliphatic carbocycles. The van der Waals surface area contributed by atoms with Crippen molar-refractivity contribution in [2.45, 2.75) is 44.8 Å². The van der Waals surface area contributed by atoms with Crippen LogP contribution in [0.1, 0.15) is 38.2 Å². The zero-order valence-electron chi connectivity index (χ0n) is 13.4. The summed E-state index contributed by atoms with van der Waals surface area (Å²) in [4.78, 5) is 2.41. The van der Waals surface area contributed by atoms with Crippen LogP contribution in [0.4, 0.5) is 0 Å². The van der Waals surface area contributed by atoms with Crippen LogP contribution in [0.25, 0.3) is 6.08 Å². The number of nitrogens with zero attached hydrogens (tertiary/aromatic N) is 1. The molecule has 2 atom stereocenters. The van der Waals surface area contributed by atoms with Crippen LogP contribution < -0.4 is 4.74 Å². The van der Waals surface area contributed by atoms with E-state index in [9.17, 15) is 5.11 Å². The van der Waals surface area contributed by atoms with E-state index in [0.29, 0.717) is 5.92 Å². The largest absolute Gasteiger partial charge is 0.494 e. The Morgan fingerprint density at radius 1 is 1.23 bits per heavy atom. The van der Waals surface area contributed by atoms with E-state index < -0.39 is 0 Å². The molecular weight excluding hydrogens is 274 g/mol. The Labute approximate surface area is 133 Å². The van der Waals surface area contributed by atoms with E-state index in [1.165, 1.54) is 0 Å². The molecule has 3 heteroatoms. The molecular formula is C19H27NO2. The van der Waals surface area contributed by atoms with Crippen LogP contribution in [0.5, 0.6) is 5.75 Å². The molecule has 0 amide bonds. The third-order valence-corrected chi connectivity index (χ3v) is 4.96. The summed E-state index contributed by atoms with van der Waals surface area (Å²) in [5.74, 6) is 1.43. The molecule has 120 valence electrons. The SMILES string of the molecule is CCCCOc1ccc(C=CC2C(O)C3CCN2CC3)cc1. The highest BCUT2D eigenvalue weighted by Gasteiger charge is 2.39. The molecule has 3 aliphatic rings. The predicted octanol–water partition coefficient (Wildman–Crippen LogP) is 3.33. The van der Waals surface area contributed by atoms with Crippen LogP contribution in [0.15, 0.2) is 30.3 Å². The standard InChI is InChI=1S/C19H27NO2/c1-2-3-14-22-17-7-4-15(5-8-17)6-9-18-19(21)16-10-12-20(18)13-11-16/h4-9,16,18-19,21H,2-3,10-14H2,1H3. The van der Waals surface area contributed by atoms with Gasteiger partial charge in [-0.1, -0.05) is 37.6 Å². The minimum Gasteiger partial charge on any atom is -0.494 e. The summed E-state index contributed by atoms with van der Waals surface area (Å²) in [5.41, 5.74) is 1.16. The lowest BCUT2D eigenvalue weighted by atomic mass is 9.80. The molecule has 3 fully saturated rings. The highest BCUT2D eigenvalue weighted by molar-refractivity contribution is 5.51. The molecule has 3 saturated heterocycles. The molecule has 22 heavy (non-hydrogen) atoms. The van der Waals surface area contributed by atoms with Crippen LogP contribution in [0, 0.1) is 5.92 Å². The van der Waals surface area contributed by atoms with Gasteiger partial charge in [-0.3, -0.25) is 4.90 Å². The summed E-state index contributed by atoms with van der Waals surface area (Å²) in [5, 5.41) is 10.4. The summed E-state index contributed by atoms with van der Waals surface area (Å²) in [6.45, 7) is 5.21. The van der Waals surface area contributed by atoms with Crippen molar-refractivity contribution in [3.05, 3.63) is 35.9 Å². The van der Waals surface area contributed by atoms with Crippen LogP contribution in [-0.2, 0) is 0 Å². The normalized spacial score (nSPS) is 30.8. The molecule has 3 nitrogen and oxygen atoms in total. The van der Waals surface area contributed by atoms with Crippen LogP contribution in [0.3, 0.4) is 0 Å². The number of hydrogen-bond donors (Lipinski definition) is 1. The number of ether oxygens (including phenoxy) is 1. The van der Waals surface area contributed by atoms with Gasteiger partial charge in [0.1, 0.15) is 5.75 Å². The average Bonchev–Trinajstić information content (AvgIpc) is 2.56. The van der Waals surface area contributed by atoms with Crippen molar-refractivity contribution in [1.29, 1.82) is 0 Å². The highest BCUT2D eigenvalue weighted by Crippen LogP contribution is 2.33. The second-order valence-electron chi connectivity index (χ2n) is 6.48. The molecule has 2 bridgehead atoms. The number of piperidine rings is 3. The van der Waals surface area contributed by atoms with E-state index in [4.69, 9.17) is 4.74 Å². The predicted molar refractivity (Wildman–Crippen MR) is 90.0 cm³/mol. The van der Waals surface area contributed by atoms with Crippen molar-refractivity contribution in [2.24, 2.45) is 5.92 Å². The Morgan fingerprint density at radius 3 is 2.59 bits per heavy atom. The number of fused-ring (bicyclic) bond motifs is 3. The molecule has 4 rings (SSSR count). The third-order valence-electron chi connectivity index (χ3n) is 4.96. The molecule has 2 unspecified atom stereocenters. The van der Waals surface area contributed by atoms with Gasteiger partial charge in [0.05, 0.1) is 18.8 Å². The monoisotopic (exact) mass is 301 g/mol. The molecule has 0 spiro atoms. The smallest absolute Gasteiger partial charge is 0.119 e. The zero-order valence-corrected chi connectivity index (χ0v) is 13.4. The van der Waals surface area contributed by atoms with Gasteiger partial charge in [-0.05, 0) is 56.0 Å². The lowest BCUT2D eigenvalue weighted by Gasteiger charge is -2.47. The Balaban J connectivity index is 1.58. The van der Waals surface area contributed by atoms with Crippen molar-refractivity contribution >= 4 is 6.08 Å². The average molecular weight is 301 g/mol. The van der Waals surface area contributed by atoms with Crippen molar-refractivity contribution in [2.75, 3.05) is 19.7 Å². The molecule has 3 aliphatic heterocycles. The molecule has 1 aromatic carbocycles. The maximum Gasteiger partial charge on any atom is 0.119 e. The van der Waals surface area contributed by atoms with Gasteiger partial charge < -0.3 is 9.84 Å². The van der Waals surface area contributed by atoms with Gasteiger partial charge in [-0.2, -0.15) is 0 Å². The number of aliphatic hydroxyl groups excluding tert-OH is 1. The Kier molecular flexibility index (Phi) is 5.16. The highest BCUT2D eigenvalue weighted by atomic mass is 16.5. The lowest BCUT2D eigenvalue weighted by molar-refractivity contribution is -0.0533. The fourth-order valence-electron chi connectivity index (χ4n) is 3.51. The van der Waals surface area contributed by atoms with Crippen LogP contribution in [-0.4, -0.2) is 41.8 Å². The van der Waals surface area contributed by atoms with E-state index in [2.05, 4.69) is 36.1 Å². The first-order valence-corrected chi connectivity index (χ1v) is 8.61. The van der Waals surface area contributed by atoms with Gasteiger partial charge in [0.2, 0.25) is 0 Å². The van der Waals surface area contributed by atoms with E-state index in [0.717, 1.165) is 56.7 Å². The van der Waals surface area contributed by atoms with E-state index in [1.54, 1.807) is 0 Å². The van der Waals surface area contributed by atoms with E-state index in [1.807, 2.05) is 12.1 Å². The van der Waals surface area contributed by atoms with E-state index in [-0.39, 0.29) is 12.1 Å². The maximum absolute atomic E-state index is 10.4. The van der Waals surface area contributed by atoms with Crippen molar-refractivity contribution in [3.8, 4) is 5.75 Å². The molecule has 0 saturated carbocycles. The van der Waals surface area contributed by atoms with Crippen molar-refractivity contribution in [1.82, 2.24) is 4.90 Å². The minimum absolute atomic E-state index is 0.188. The second-order valence-corrected chi connectivity index (χ2v) is 6.48. The number of benzene rings is 1. The fourth-order valence-corrected chi connectivity index (χ4v) is 3.51. The van der Waals surface area contributed by atoms with Gasteiger partial charge in [0, 0.05) is 0 Å². The topological polar surface area (TPSA) is 32.7 Å². The second kappa shape index (κ2) is 7.30. The summed E-state index contributed by atoms with van der Waals surface area (Å²) in [7, 11) is 0. The molecule has 0 radical (unpaired) electrons. The fraction of sp³-hybridized carbons (Fsp3) is 0.579. The first kappa shape index (κ1) is 15.6. The first-order chi connectivity index (χ1) is 10.8. The molecule has 1 N–H and O–H groups in total. The maximum atomic E-state index is 10.4. The molecule has 1 aromatic rings. The molecule has 0 aromatic heterocycles. The van der Waals surface area contributed by atoms with Gasteiger partial charge in [-0.15, -0.1) is 0 Å². The van der Waals surface area contributed by atoms with Crippen molar-refractivity contribution in [3.63, 3.8) is 0 Å². The summed E-state index contributed by atoms with van der Waals surface area (Å²) in [6.07, 6.45) is 8.65. The zero-order chi connectivity index (χ0) is 15.4. The van der Waals surface area contributed by atoms with Crippen LogP contribution in [0.2, 0.25) is 0 Å². The summed E-state index contributed by atoms with van der Waals surface area (Å²) in [6, 6.07) is 8.41. The number of unbranched alkanes of at least 4 members (excludes halogenated alkanes) is 1. The lowest BCUT2D eigenvalue weighted by Crippen LogP contribution is -2.56. The third kappa shape index (κ3) is 3.53. The van der Waals surface area contributed by atoms with E-state index >= 15 is 0 Å². The van der Waals surface area contributed by atoms with Gasteiger partial charge >= 0.3 is 0 Å². The minimum atomic E-state index is -0.199. The van der Waals surface area contributed by atoms with Crippen LogP contribution >= 0.6 is 0 Å². The quantitative estimate of drug-likeness (QED) is 0.818. The Bertz CT molecular complexity index is 487. The number of aliphatic hydroxyl groups is 1. The van der Waals surface area contributed by atoms with Gasteiger partial charge in [-0.25, -0.2) is 0 Å². The van der Waals surface area contributed by atoms with Crippen molar-refractivity contribution < 1.29 is 9.84 Å². The summed E-state index contributed by atoms with van der Waals surface area (Å²) < 4.78 is 5.68. The molecule has 3 heterocycles. The van der Waals surface area contributed by atoms with Gasteiger partial charge in [0.25, 0.3) is 0 Å². The first-order valence-electron chi connectivity index (χ1n) is 8.61.